The predicted octanol–water partition coefficient (Wildman–Crippen LogP) is 3.42. The Morgan fingerprint density at radius 1 is 1.08 bits per heavy atom. The Kier molecular flexibility index (Phi) is 5.74. The molecule has 0 atom stereocenters. The van der Waals surface area contributed by atoms with Gasteiger partial charge in [-0.25, -0.2) is 17.5 Å². The summed E-state index contributed by atoms with van der Waals surface area (Å²) in [6, 6.07) is 12.9. The normalized spacial score (nSPS) is 16.9. The van der Waals surface area contributed by atoms with Crippen molar-refractivity contribution >= 4 is 21.6 Å². The lowest BCUT2D eigenvalue weighted by Crippen LogP contribution is -2.44. The second-order valence-corrected chi connectivity index (χ2v) is 8.31. The molecule has 2 aromatic rings. The second-order valence-electron chi connectivity index (χ2n) is 6.18. The van der Waals surface area contributed by atoms with Crippen LogP contribution >= 0.6 is 11.6 Å². The lowest BCUT2D eigenvalue weighted by molar-refractivity contribution is 0.198. The van der Waals surface area contributed by atoms with Crippen LogP contribution in [0.25, 0.3) is 0 Å². The maximum absolute atomic E-state index is 13.9. The molecule has 1 saturated heterocycles. The van der Waals surface area contributed by atoms with E-state index in [0.29, 0.717) is 43.1 Å². The number of hydrogen-bond acceptors (Lipinski definition) is 3. The average molecular weight is 383 g/mol. The smallest absolute Gasteiger partial charge is 0.240 e. The van der Waals surface area contributed by atoms with E-state index in [9.17, 15) is 12.8 Å². The summed E-state index contributed by atoms with van der Waals surface area (Å²) in [5.41, 5.74) is 0.493. The minimum Gasteiger partial charge on any atom is -0.299 e. The third-order valence-corrected chi connectivity index (χ3v) is 6.30. The molecule has 0 radical (unpaired) electrons. The Morgan fingerprint density at radius 2 is 1.76 bits per heavy atom. The summed E-state index contributed by atoms with van der Waals surface area (Å²) in [6.45, 7) is 1.81. The topological polar surface area (TPSA) is 49.4 Å². The fourth-order valence-electron chi connectivity index (χ4n) is 3.00. The fraction of sp³-hybridized carbons (Fsp3) is 0.333. The van der Waals surface area contributed by atoms with E-state index < -0.39 is 10.0 Å². The Morgan fingerprint density at radius 3 is 2.40 bits per heavy atom. The van der Waals surface area contributed by atoms with Gasteiger partial charge in [-0.05, 0) is 37.1 Å². The fourth-order valence-corrected chi connectivity index (χ4v) is 4.55. The zero-order chi connectivity index (χ0) is 17.9. The van der Waals surface area contributed by atoms with Crippen LogP contribution in [0.4, 0.5) is 4.39 Å². The number of benzene rings is 2. The van der Waals surface area contributed by atoms with Gasteiger partial charge in [-0.3, -0.25) is 4.90 Å². The number of halogens is 2. The first-order valence-electron chi connectivity index (χ1n) is 8.18. The van der Waals surface area contributed by atoms with Crippen LogP contribution in [0.3, 0.4) is 0 Å². The van der Waals surface area contributed by atoms with Crippen LogP contribution in [0.2, 0.25) is 5.02 Å². The average Bonchev–Trinajstić information content (AvgIpc) is 2.60. The van der Waals surface area contributed by atoms with Crippen LogP contribution in [0.5, 0.6) is 0 Å². The minimum absolute atomic E-state index is 0.113. The van der Waals surface area contributed by atoms with Crippen molar-refractivity contribution < 1.29 is 12.8 Å². The zero-order valence-corrected chi connectivity index (χ0v) is 15.2. The van der Waals surface area contributed by atoms with Crippen molar-refractivity contribution in [2.75, 3.05) is 13.1 Å². The third-order valence-electron chi connectivity index (χ3n) is 4.41. The molecule has 1 fully saturated rings. The number of hydrogen-bond donors (Lipinski definition) is 1. The van der Waals surface area contributed by atoms with E-state index in [0.717, 1.165) is 0 Å². The van der Waals surface area contributed by atoms with E-state index in [1.165, 1.54) is 6.07 Å². The van der Waals surface area contributed by atoms with Gasteiger partial charge in [-0.15, -0.1) is 0 Å². The van der Waals surface area contributed by atoms with Crippen LogP contribution in [-0.2, 0) is 16.6 Å². The zero-order valence-electron chi connectivity index (χ0n) is 13.7. The molecular weight excluding hydrogens is 363 g/mol. The van der Waals surface area contributed by atoms with Crippen LogP contribution < -0.4 is 4.72 Å². The summed E-state index contributed by atoms with van der Waals surface area (Å²) >= 11 is 6.07. The van der Waals surface area contributed by atoms with Crippen molar-refractivity contribution in [1.82, 2.24) is 9.62 Å². The summed E-state index contributed by atoms with van der Waals surface area (Å²) in [6.07, 6.45) is 1.36. The van der Waals surface area contributed by atoms with Gasteiger partial charge in [-0.1, -0.05) is 35.9 Å². The molecule has 7 heteroatoms. The maximum atomic E-state index is 13.9. The lowest BCUT2D eigenvalue weighted by Gasteiger charge is -2.32. The number of rotatable bonds is 5. The molecule has 25 heavy (non-hydrogen) atoms. The van der Waals surface area contributed by atoms with Gasteiger partial charge in [0.05, 0.1) is 4.90 Å². The highest BCUT2D eigenvalue weighted by atomic mass is 35.5. The number of piperidine rings is 1. The first-order chi connectivity index (χ1) is 12.0. The Balaban J connectivity index is 1.57. The third kappa shape index (κ3) is 4.58. The Bertz CT molecular complexity index is 802. The standard InChI is InChI=1S/C18H20ClFN2O2S/c19-17-7-4-8-18(20)16(17)13-22-11-9-14(10-12-22)21-25(23,24)15-5-2-1-3-6-15/h1-8,14,21H,9-13H2. The van der Waals surface area contributed by atoms with Crippen LogP contribution in [0.15, 0.2) is 53.4 Å². The minimum atomic E-state index is -3.50. The summed E-state index contributed by atoms with van der Waals surface area (Å²) < 4.78 is 41.4. The molecular formula is C18H20ClFN2O2S. The molecule has 0 saturated carbocycles. The molecule has 1 aliphatic heterocycles. The summed E-state index contributed by atoms with van der Waals surface area (Å²) in [7, 11) is -3.50. The monoisotopic (exact) mass is 382 g/mol. The maximum Gasteiger partial charge on any atom is 0.240 e. The van der Waals surface area contributed by atoms with Gasteiger partial charge in [0.1, 0.15) is 5.82 Å². The molecule has 0 spiro atoms. The highest BCUT2D eigenvalue weighted by molar-refractivity contribution is 7.89. The molecule has 4 nitrogen and oxygen atoms in total. The van der Waals surface area contributed by atoms with Crippen molar-refractivity contribution in [2.24, 2.45) is 0 Å². The first-order valence-corrected chi connectivity index (χ1v) is 10.0. The van der Waals surface area contributed by atoms with E-state index in [1.54, 1.807) is 42.5 Å². The summed E-state index contributed by atoms with van der Waals surface area (Å²) in [5, 5.41) is 0.423. The number of likely N-dealkylation sites (tertiary alicyclic amines) is 1. The van der Waals surface area contributed by atoms with Gasteiger partial charge in [0, 0.05) is 36.3 Å². The molecule has 134 valence electrons. The number of sulfonamides is 1. The van der Waals surface area contributed by atoms with E-state index in [4.69, 9.17) is 11.6 Å². The van der Waals surface area contributed by atoms with Crippen LogP contribution in [-0.4, -0.2) is 32.4 Å². The molecule has 0 bridgehead atoms. The quantitative estimate of drug-likeness (QED) is 0.862. The summed E-state index contributed by atoms with van der Waals surface area (Å²) in [4.78, 5) is 2.37. The van der Waals surface area contributed by atoms with Gasteiger partial charge >= 0.3 is 0 Å². The largest absolute Gasteiger partial charge is 0.299 e. The van der Waals surface area contributed by atoms with E-state index in [-0.39, 0.29) is 16.8 Å². The van der Waals surface area contributed by atoms with Crippen molar-refractivity contribution in [3.05, 3.63) is 64.9 Å². The molecule has 1 N–H and O–H groups in total. The van der Waals surface area contributed by atoms with Gasteiger partial charge < -0.3 is 0 Å². The van der Waals surface area contributed by atoms with Crippen LogP contribution in [0, 0.1) is 5.82 Å². The predicted molar refractivity (Wildman–Crippen MR) is 96.5 cm³/mol. The van der Waals surface area contributed by atoms with E-state index in [1.807, 2.05) is 0 Å². The SMILES string of the molecule is O=S(=O)(NC1CCN(Cc2c(F)cccc2Cl)CC1)c1ccccc1. The molecule has 0 unspecified atom stereocenters. The molecule has 0 amide bonds. The van der Waals surface area contributed by atoms with Gasteiger partial charge in [0.15, 0.2) is 0 Å². The Hall–Kier alpha value is -1.47. The number of nitrogens with zero attached hydrogens (tertiary/aromatic N) is 1. The number of nitrogens with one attached hydrogen (secondary N) is 1. The summed E-state index contributed by atoms with van der Waals surface area (Å²) in [5.74, 6) is -0.306. The van der Waals surface area contributed by atoms with Gasteiger partial charge in [0.25, 0.3) is 0 Å². The highest BCUT2D eigenvalue weighted by Crippen LogP contribution is 2.23. The highest BCUT2D eigenvalue weighted by Gasteiger charge is 2.25. The molecule has 0 aliphatic carbocycles. The molecule has 0 aromatic heterocycles. The second kappa shape index (κ2) is 7.83. The van der Waals surface area contributed by atoms with Crippen molar-refractivity contribution in [3.8, 4) is 0 Å². The van der Waals surface area contributed by atoms with Gasteiger partial charge in [-0.2, -0.15) is 0 Å². The molecule has 1 heterocycles. The van der Waals surface area contributed by atoms with Crippen molar-refractivity contribution in [1.29, 1.82) is 0 Å². The Labute approximate surface area is 152 Å². The van der Waals surface area contributed by atoms with Crippen molar-refractivity contribution in [2.45, 2.75) is 30.3 Å². The molecule has 1 aliphatic rings. The van der Waals surface area contributed by atoms with E-state index >= 15 is 0 Å². The lowest BCUT2D eigenvalue weighted by atomic mass is 10.1. The van der Waals surface area contributed by atoms with Crippen molar-refractivity contribution in [3.63, 3.8) is 0 Å². The molecule has 2 aromatic carbocycles. The first kappa shape index (κ1) is 18.3. The molecule has 3 rings (SSSR count). The van der Waals surface area contributed by atoms with E-state index in [2.05, 4.69) is 9.62 Å². The van der Waals surface area contributed by atoms with Gasteiger partial charge in [0.2, 0.25) is 10.0 Å². The van der Waals surface area contributed by atoms with Crippen LogP contribution in [0.1, 0.15) is 18.4 Å².